The molecule has 1 aliphatic heterocycles. The highest BCUT2D eigenvalue weighted by Crippen LogP contribution is 2.35. The van der Waals surface area contributed by atoms with Gasteiger partial charge in [0, 0.05) is 19.0 Å². The number of rotatable bonds is 5. The fraction of sp³-hybridized carbons (Fsp3) is 0.300. The minimum atomic E-state index is -0.897. The summed E-state index contributed by atoms with van der Waals surface area (Å²) in [5.41, 5.74) is 1.29. The Labute approximate surface area is 152 Å². The molecule has 1 saturated heterocycles. The summed E-state index contributed by atoms with van der Waals surface area (Å²) in [6.45, 7) is 0.508. The normalized spacial score (nSPS) is 19.2. The van der Waals surface area contributed by atoms with Gasteiger partial charge in [-0.3, -0.25) is 9.59 Å². The summed E-state index contributed by atoms with van der Waals surface area (Å²) in [4.78, 5) is 26.3. The average molecular weight is 355 g/mol. The van der Waals surface area contributed by atoms with Crippen LogP contribution in [0.3, 0.4) is 0 Å². The van der Waals surface area contributed by atoms with Crippen molar-refractivity contribution >= 4 is 11.9 Å². The molecule has 0 unspecified atom stereocenters. The molecule has 2 aromatic rings. The number of aliphatic carboxylic acids is 1. The molecule has 0 spiro atoms. The Morgan fingerprint density at radius 1 is 1.04 bits per heavy atom. The molecule has 2 atom stereocenters. The van der Waals surface area contributed by atoms with Crippen LogP contribution in [0.15, 0.2) is 48.5 Å². The van der Waals surface area contributed by atoms with Gasteiger partial charge in [0.2, 0.25) is 0 Å². The zero-order valence-corrected chi connectivity index (χ0v) is 14.7. The van der Waals surface area contributed by atoms with Gasteiger partial charge in [0.1, 0.15) is 11.5 Å². The largest absolute Gasteiger partial charge is 0.497 e. The third-order valence-corrected chi connectivity index (χ3v) is 4.79. The number of carboxylic acid groups (broad SMARTS) is 1. The van der Waals surface area contributed by atoms with E-state index in [-0.39, 0.29) is 18.4 Å². The second-order valence-electron chi connectivity index (χ2n) is 6.24. The SMILES string of the molecule is COc1ccc(OC)c(C(=O)N2C[C@H](C(=O)O)[C@H](c3ccccc3)C2)c1. The molecular weight excluding hydrogens is 334 g/mol. The Balaban J connectivity index is 1.90. The molecule has 136 valence electrons. The Morgan fingerprint density at radius 2 is 1.77 bits per heavy atom. The molecule has 0 saturated carbocycles. The third-order valence-electron chi connectivity index (χ3n) is 4.79. The fourth-order valence-corrected chi connectivity index (χ4v) is 3.41. The molecule has 0 aliphatic carbocycles. The van der Waals surface area contributed by atoms with Crippen LogP contribution in [-0.4, -0.2) is 49.2 Å². The second kappa shape index (κ2) is 7.47. The van der Waals surface area contributed by atoms with Gasteiger partial charge in [-0.1, -0.05) is 30.3 Å². The number of carbonyl (C=O) groups is 2. The van der Waals surface area contributed by atoms with E-state index in [1.54, 1.807) is 23.1 Å². The van der Waals surface area contributed by atoms with Gasteiger partial charge in [0.05, 0.1) is 25.7 Å². The van der Waals surface area contributed by atoms with Gasteiger partial charge >= 0.3 is 5.97 Å². The first-order chi connectivity index (χ1) is 12.5. The standard InChI is InChI=1S/C20H21NO5/c1-25-14-8-9-18(26-2)15(10-14)19(22)21-11-16(17(12-21)20(23)24)13-6-4-3-5-7-13/h3-10,16-17H,11-12H2,1-2H3,(H,23,24)/t16-,17-/m0/s1. The highest BCUT2D eigenvalue weighted by atomic mass is 16.5. The molecule has 0 aromatic heterocycles. The van der Waals surface area contributed by atoms with Crippen LogP contribution in [-0.2, 0) is 4.79 Å². The summed E-state index contributed by atoms with van der Waals surface area (Å²) in [7, 11) is 3.02. The highest BCUT2D eigenvalue weighted by Gasteiger charge is 2.41. The predicted molar refractivity (Wildman–Crippen MR) is 95.8 cm³/mol. The van der Waals surface area contributed by atoms with Crippen molar-refractivity contribution in [2.45, 2.75) is 5.92 Å². The number of carbonyl (C=O) groups excluding carboxylic acids is 1. The van der Waals surface area contributed by atoms with Gasteiger partial charge in [-0.25, -0.2) is 0 Å². The van der Waals surface area contributed by atoms with Crippen LogP contribution in [0.5, 0.6) is 11.5 Å². The number of nitrogens with zero attached hydrogens (tertiary/aromatic N) is 1. The van der Waals surface area contributed by atoms with Gasteiger partial charge in [0.25, 0.3) is 5.91 Å². The molecule has 0 bridgehead atoms. The van der Waals surface area contributed by atoms with Gasteiger partial charge in [0.15, 0.2) is 0 Å². The average Bonchev–Trinajstić information content (AvgIpc) is 3.13. The van der Waals surface area contributed by atoms with E-state index in [4.69, 9.17) is 9.47 Å². The molecule has 2 aromatic carbocycles. The van der Waals surface area contributed by atoms with Gasteiger partial charge in [-0.15, -0.1) is 0 Å². The summed E-state index contributed by atoms with van der Waals surface area (Å²) in [5.74, 6) is -1.06. The maximum absolute atomic E-state index is 13.0. The topological polar surface area (TPSA) is 76.1 Å². The van der Waals surface area contributed by atoms with Crippen molar-refractivity contribution in [2.75, 3.05) is 27.3 Å². The fourth-order valence-electron chi connectivity index (χ4n) is 3.41. The molecule has 0 radical (unpaired) electrons. The number of likely N-dealkylation sites (tertiary alicyclic amines) is 1. The lowest BCUT2D eigenvalue weighted by Crippen LogP contribution is -2.30. The summed E-state index contributed by atoms with van der Waals surface area (Å²) < 4.78 is 10.5. The Morgan fingerprint density at radius 3 is 2.38 bits per heavy atom. The van der Waals surface area contributed by atoms with Crippen LogP contribution >= 0.6 is 0 Å². The summed E-state index contributed by atoms with van der Waals surface area (Å²) >= 11 is 0. The van der Waals surface area contributed by atoms with Crippen molar-refractivity contribution in [2.24, 2.45) is 5.92 Å². The van der Waals surface area contributed by atoms with Gasteiger partial charge in [-0.05, 0) is 23.8 Å². The number of carboxylic acids is 1. The van der Waals surface area contributed by atoms with E-state index in [9.17, 15) is 14.7 Å². The van der Waals surface area contributed by atoms with Crippen LogP contribution in [0, 0.1) is 5.92 Å². The molecule has 1 heterocycles. The lowest BCUT2D eigenvalue weighted by atomic mass is 9.89. The number of amides is 1. The highest BCUT2D eigenvalue weighted by molar-refractivity contribution is 5.98. The van der Waals surface area contributed by atoms with Crippen molar-refractivity contribution in [1.29, 1.82) is 0 Å². The van der Waals surface area contributed by atoms with Crippen LogP contribution in [0.25, 0.3) is 0 Å². The molecule has 3 rings (SSSR count). The molecule has 1 amide bonds. The maximum Gasteiger partial charge on any atom is 0.308 e. The molecular formula is C20H21NO5. The molecule has 1 aliphatic rings. The van der Waals surface area contributed by atoms with E-state index in [2.05, 4.69) is 0 Å². The van der Waals surface area contributed by atoms with Crippen molar-refractivity contribution in [3.63, 3.8) is 0 Å². The van der Waals surface area contributed by atoms with E-state index in [0.29, 0.717) is 23.6 Å². The predicted octanol–water partition coefficient (Wildman–Crippen LogP) is 2.64. The summed E-state index contributed by atoms with van der Waals surface area (Å²) in [5, 5.41) is 9.62. The molecule has 1 N–H and O–H groups in total. The minimum Gasteiger partial charge on any atom is -0.497 e. The molecule has 6 nitrogen and oxygen atoms in total. The first-order valence-electron chi connectivity index (χ1n) is 8.34. The van der Waals surface area contributed by atoms with Crippen molar-refractivity contribution in [1.82, 2.24) is 4.90 Å². The number of benzene rings is 2. The van der Waals surface area contributed by atoms with E-state index in [0.717, 1.165) is 5.56 Å². The molecule has 26 heavy (non-hydrogen) atoms. The maximum atomic E-state index is 13.0. The first-order valence-corrected chi connectivity index (χ1v) is 8.34. The van der Waals surface area contributed by atoms with Crippen molar-refractivity contribution in [3.8, 4) is 11.5 Å². The van der Waals surface area contributed by atoms with Crippen molar-refractivity contribution < 1.29 is 24.2 Å². The third kappa shape index (κ3) is 3.35. The minimum absolute atomic E-state index is 0.161. The molecule has 1 fully saturated rings. The van der Waals surface area contributed by atoms with Crippen LogP contribution < -0.4 is 9.47 Å². The van der Waals surface area contributed by atoms with Gasteiger partial charge < -0.3 is 19.5 Å². The number of methoxy groups -OCH3 is 2. The van der Waals surface area contributed by atoms with E-state index in [1.165, 1.54) is 14.2 Å². The van der Waals surface area contributed by atoms with E-state index >= 15 is 0 Å². The second-order valence-corrected chi connectivity index (χ2v) is 6.24. The van der Waals surface area contributed by atoms with E-state index in [1.807, 2.05) is 30.3 Å². The van der Waals surface area contributed by atoms with Crippen molar-refractivity contribution in [3.05, 3.63) is 59.7 Å². The van der Waals surface area contributed by atoms with Crippen LogP contribution in [0.4, 0.5) is 0 Å². The monoisotopic (exact) mass is 355 g/mol. The zero-order valence-electron chi connectivity index (χ0n) is 14.7. The summed E-state index contributed by atoms with van der Waals surface area (Å²) in [6, 6.07) is 14.5. The van der Waals surface area contributed by atoms with E-state index < -0.39 is 11.9 Å². The number of hydrogen-bond donors (Lipinski definition) is 1. The lowest BCUT2D eigenvalue weighted by molar-refractivity contribution is -0.141. The lowest BCUT2D eigenvalue weighted by Gasteiger charge is -2.18. The van der Waals surface area contributed by atoms with Gasteiger partial charge in [-0.2, -0.15) is 0 Å². The zero-order chi connectivity index (χ0) is 18.7. The van der Waals surface area contributed by atoms with Crippen LogP contribution in [0.2, 0.25) is 0 Å². The summed E-state index contributed by atoms with van der Waals surface area (Å²) in [6.07, 6.45) is 0. The Bertz CT molecular complexity index is 805. The Hall–Kier alpha value is -3.02. The smallest absolute Gasteiger partial charge is 0.308 e. The molecule has 6 heteroatoms. The quantitative estimate of drug-likeness (QED) is 0.892. The first kappa shape index (κ1) is 17.8. The Kier molecular flexibility index (Phi) is 5.11. The number of hydrogen-bond acceptors (Lipinski definition) is 4. The van der Waals surface area contributed by atoms with Crippen LogP contribution in [0.1, 0.15) is 21.8 Å². The number of ether oxygens (including phenoxy) is 2.